The number of ether oxygens (including phenoxy) is 2. The van der Waals surface area contributed by atoms with Crippen LogP contribution in [0.15, 0.2) is 18.2 Å². The monoisotopic (exact) mass is 335 g/mol. The molecule has 24 heavy (non-hydrogen) atoms. The van der Waals surface area contributed by atoms with Crippen molar-refractivity contribution < 1.29 is 14.3 Å². The van der Waals surface area contributed by atoms with E-state index in [0.717, 1.165) is 11.4 Å². The summed E-state index contributed by atoms with van der Waals surface area (Å²) < 4.78 is 11.0. The second-order valence-electron chi connectivity index (χ2n) is 7.42. The molecule has 0 radical (unpaired) electrons. The van der Waals surface area contributed by atoms with Crippen molar-refractivity contribution in [2.24, 2.45) is 0 Å². The SMILES string of the molecule is COc1cc(N)ccc1N1C[C@@H](C)N(C(=O)OC(C)(C)C)[C@@H](C)C1. The molecule has 1 aromatic rings. The maximum atomic E-state index is 12.5. The molecule has 0 saturated carbocycles. The summed E-state index contributed by atoms with van der Waals surface area (Å²) in [6.07, 6.45) is -0.258. The molecule has 0 aliphatic carbocycles. The van der Waals surface area contributed by atoms with Crippen LogP contribution in [0.4, 0.5) is 16.2 Å². The molecule has 0 aromatic heterocycles. The minimum Gasteiger partial charge on any atom is -0.495 e. The number of nitrogens with two attached hydrogens (primary N) is 1. The Morgan fingerprint density at radius 3 is 2.29 bits per heavy atom. The average Bonchev–Trinajstić information content (AvgIpc) is 2.44. The molecule has 1 aromatic carbocycles. The van der Waals surface area contributed by atoms with Crippen LogP contribution in [0.1, 0.15) is 34.6 Å². The lowest BCUT2D eigenvalue weighted by molar-refractivity contribution is 0.00565. The first-order chi connectivity index (χ1) is 11.1. The minimum absolute atomic E-state index is 0.0332. The Morgan fingerprint density at radius 2 is 1.79 bits per heavy atom. The van der Waals surface area contributed by atoms with E-state index in [0.29, 0.717) is 18.8 Å². The van der Waals surface area contributed by atoms with E-state index in [1.54, 1.807) is 7.11 Å². The lowest BCUT2D eigenvalue weighted by Gasteiger charge is -2.45. The van der Waals surface area contributed by atoms with Crippen LogP contribution in [0.3, 0.4) is 0 Å². The van der Waals surface area contributed by atoms with Gasteiger partial charge in [0.25, 0.3) is 0 Å². The normalized spacial score (nSPS) is 21.6. The van der Waals surface area contributed by atoms with Crippen LogP contribution in [-0.2, 0) is 4.74 Å². The fraction of sp³-hybridized carbons (Fsp3) is 0.611. The molecule has 1 fully saturated rings. The Labute approximate surface area is 144 Å². The summed E-state index contributed by atoms with van der Waals surface area (Å²) in [6, 6.07) is 5.73. The third-order valence-electron chi connectivity index (χ3n) is 4.07. The predicted molar refractivity (Wildman–Crippen MR) is 96.6 cm³/mol. The number of hydrogen-bond donors (Lipinski definition) is 1. The number of anilines is 2. The maximum Gasteiger partial charge on any atom is 0.410 e. The molecule has 1 aliphatic rings. The van der Waals surface area contributed by atoms with Crippen LogP contribution in [0.5, 0.6) is 5.75 Å². The first-order valence-electron chi connectivity index (χ1n) is 8.32. The first-order valence-corrected chi connectivity index (χ1v) is 8.32. The van der Waals surface area contributed by atoms with Gasteiger partial charge < -0.3 is 20.1 Å². The van der Waals surface area contributed by atoms with Crippen molar-refractivity contribution in [3.8, 4) is 5.75 Å². The molecule has 6 heteroatoms. The second kappa shape index (κ2) is 6.79. The zero-order valence-corrected chi connectivity index (χ0v) is 15.5. The zero-order chi connectivity index (χ0) is 18.1. The van der Waals surface area contributed by atoms with Gasteiger partial charge in [-0.15, -0.1) is 0 Å². The van der Waals surface area contributed by atoms with Crippen LogP contribution < -0.4 is 15.4 Å². The number of hydrogen-bond acceptors (Lipinski definition) is 5. The molecule has 1 heterocycles. The third-order valence-corrected chi connectivity index (χ3v) is 4.07. The number of rotatable bonds is 2. The molecule has 0 bridgehead atoms. The molecule has 2 atom stereocenters. The van der Waals surface area contributed by atoms with Gasteiger partial charge in [-0.1, -0.05) is 0 Å². The van der Waals surface area contributed by atoms with E-state index in [1.165, 1.54) is 0 Å². The Bertz CT molecular complexity index is 586. The molecular weight excluding hydrogens is 306 g/mol. The molecular formula is C18H29N3O3. The van der Waals surface area contributed by atoms with Gasteiger partial charge in [-0.2, -0.15) is 0 Å². The maximum absolute atomic E-state index is 12.5. The fourth-order valence-electron chi connectivity index (χ4n) is 3.15. The summed E-state index contributed by atoms with van der Waals surface area (Å²) in [5.41, 5.74) is 7.01. The fourth-order valence-corrected chi connectivity index (χ4v) is 3.15. The average molecular weight is 335 g/mol. The van der Waals surface area contributed by atoms with Crippen molar-refractivity contribution in [3.05, 3.63) is 18.2 Å². The van der Waals surface area contributed by atoms with Crippen molar-refractivity contribution in [2.75, 3.05) is 30.8 Å². The topological polar surface area (TPSA) is 68.0 Å². The summed E-state index contributed by atoms with van der Waals surface area (Å²) in [5.74, 6) is 0.750. The number of carbonyl (C=O) groups excluding carboxylic acids is 1. The van der Waals surface area contributed by atoms with Crippen molar-refractivity contribution in [1.29, 1.82) is 0 Å². The number of benzene rings is 1. The Balaban J connectivity index is 2.17. The molecule has 1 aliphatic heterocycles. The highest BCUT2D eigenvalue weighted by Gasteiger charge is 2.36. The summed E-state index contributed by atoms with van der Waals surface area (Å²) in [5, 5.41) is 0. The van der Waals surface area contributed by atoms with Gasteiger partial charge >= 0.3 is 6.09 Å². The van der Waals surface area contributed by atoms with Crippen LogP contribution in [0, 0.1) is 0 Å². The smallest absolute Gasteiger partial charge is 0.410 e. The molecule has 0 spiro atoms. The molecule has 0 unspecified atom stereocenters. The van der Waals surface area contributed by atoms with Gasteiger partial charge in [-0.25, -0.2) is 4.79 Å². The molecule has 134 valence electrons. The number of piperazine rings is 1. The van der Waals surface area contributed by atoms with E-state index in [9.17, 15) is 4.79 Å². The zero-order valence-electron chi connectivity index (χ0n) is 15.5. The van der Waals surface area contributed by atoms with Crippen molar-refractivity contribution >= 4 is 17.5 Å². The largest absolute Gasteiger partial charge is 0.495 e. The summed E-state index contributed by atoms with van der Waals surface area (Å²) >= 11 is 0. The minimum atomic E-state index is -0.492. The highest BCUT2D eigenvalue weighted by molar-refractivity contribution is 5.70. The lowest BCUT2D eigenvalue weighted by atomic mass is 10.1. The summed E-state index contributed by atoms with van der Waals surface area (Å²) in [6.45, 7) is 11.2. The van der Waals surface area contributed by atoms with Gasteiger partial charge in [-0.05, 0) is 46.8 Å². The lowest BCUT2D eigenvalue weighted by Crippen LogP contribution is -2.59. The third kappa shape index (κ3) is 4.04. The Hall–Kier alpha value is -2.11. The van der Waals surface area contributed by atoms with E-state index in [-0.39, 0.29) is 18.2 Å². The van der Waals surface area contributed by atoms with Crippen LogP contribution >= 0.6 is 0 Å². The molecule has 2 N–H and O–H groups in total. The molecule has 6 nitrogen and oxygen atoms in total. The number of carbonyl (C=O) groups is 1. The molecule has 1 amide bonds. The summed E-state index contributed by atoms with van der Waals surface area (Å²) in [7, 11) is 1.64. The Kier molecular flexibility index (Phi) is 5.16. The van der Waals surface area contributed by atoms with E-state index in [2.05, 4.69) is 4.90 Å². The number of amides is 1. The molecule has 1 saturated heterocycles. The van der Waals surface area contributed by atoms with Crippen LogP contribution in [-0.4, -0.2) is 48.9 Å². The van der Waals surface area contributed by atoms with Gasteiger partial charge in [0.2, 0.25) is 0 Å². The van der Waals surface area contributed by atoms with Crippen molar-refractivity contribution in [2.45, 2.75) is 52.3 Å². The number of methoxy groups -OCH3 is 1. The van der Waals surface area contributed by atoms with Crippen molar-refractivity contribution in [1.82, 2.24) is 4.90 Å². The van der Waals surface area contributed by atoms with E-state index in [4.69, 9.17) is 15.2 Å². The van der Waals surface area contributed by atoms with Crippen LogP contribution in [0.2, 0.25) is 0 Å². The van der Waals surface area contributed by atoms with E-state index < -0.39 is 5.60 Å². The van der Waals surface area contributed by atoms with E-state index in [1.807, 2.05) is 57.7 Å². The Morgan fingerprint density at radius 1 is 1.21 bits per heavy atom. The second-order valence-corrected chi connectivity index (χ2v) is 7.42. The highest BCUT2D eigenvalue weighted by atomic mass is 16.6. The predicted octanol–water partition coefficient (Wildman–Crippen LogP) is 3.11. The van der Waals surface area contributed by atoms with E-state index >= 15 is 0 Å². The van der Waals surface area contributed by atoms with Gasteiger partial charge in [0.1, 0.15) is 11.4 Å². The van der Waals surface area contributed by atoms with Gasteiger partial charge in [0.05, 0.1) is 24.9 Å². The number of nitrogen functional groups attached to an aromatic ring is 1. The number of nitrogens with zero attached hydrogens (tertiary/aromatic N) is 2. The summed E-state index contributed by atoms with van der Waals surface area (Å²) in [4.78, 5) is 16.5. The quantitative estimate of drug-likeness (QED) is 0.841. The molecule has 2 rings (SSSR count). The van der Waals surface area contributed by atoms with Gasteiger partial charge in [0.15, 0.2) is 0 Å². The van der Waals surface area contributed by atoms with Gasteiger partial charge in [0, 0.05) is 24.8 Å². The standard InChI is InChI=1S/C18H29N3O3/c1-12-10-20(15-8-7-14(19)9-16(15)23-6)11-13(2)21(12)17(22)24-18(3,4)5/h7-9,12-13H,10-11,19H2,1-6H3/t12-,13+. The van der Waals surface area contributed by atoms with Crippen molar-refractivity contribution in [3.63, 3.8) is 0 Å². The van der Waals surface area contributed by atoms with Gasteiger partial charge in [-0.3, -0.25) is 4.90 Å². The highest BCUT2D eigenvalue weighted by Crippen LogP contribution is 2.33. The van der Waals surface area contributed by atoms with Crippen LogP contribution in [0.25, 0.3) is 0 Å². The first kappa shape index (κ1) is 18.2.